The molecule has 0 fully saturated rings. The number of furan rings is 1. The predicted molar refractivity (Wildman–Crippen MR) is 70.0 cm³/mol. The van der Waals surface area contributed by atoms with Crippen LogP contribution in [0.25, 0.3) is 5.88 Å². The molecule has 2 heterocycles. The van der Waals surface area contributed by atoms with Crippen molar-refractivity contribution in [2.45, 2.75) is 0 Å². The van der Waals surface area contributed by atoms with Gasteiger partial charge in [0.1, 0.15) is 5.75 Å². The van der Waals surface area contributed by atoms with Crippen LogP contribution >= 0.6 is 15.9 Å². The Bertz CT molecular complexity index is 632. The van der Waals surface area contributed by atoms with Crippen molar-refractivity contribution in [1.82, 2.24) is 9.78 Å². The molecule has 0 amide bonds. The van der Waals surface area contributed by atoms with E-state index in [9.17, 15) is 0 Å². The zero-order valence-electron chi connectivity index (χ0n) is 9.29. The second-order valence-corrected chi connectivity index (χ2v) is 4.33. The second kappa shape index (κ2) is 4.70. The highest BCUT2D eigenvalue weighted by Crippen LogP contribution is 2.31. The second-order valence-electron chi connectivity index (χ2n) is 3.58. The van der Waals surface area contributed by atoms with Gasteiger partial charge in [0.15, 0.2) is 10.4 Å². The Morgan fingerprint density at radius 1 is 1.11 bits per heavy atom. The number of benzene rings is 1. The van der Waals surface area contributed by atoms with Crippen molar-refractivity contribution in [2.24, 2.45) is 0 Å². The molecule has 0 unspecified atom stereocenters. The minimum atomic E-state index is 0.629. The maximum Gasteiger partial charge on any atom is 0.220 e. The van der Waals surface area contributed by atoms with E-state index in [4.69, 9.17) is 9.15 Å². The van der Waals surface area contributed by atoms with Gasteiger partial charge in [0.25, 0.3) is 0 Å². The third-order valence-corrected chi connectivity index (χ3v) is 3.09. The van der Waals surface area contributed by atoms with Crippen LogP contribution in [0.4, 0.5) is 0 Å². The van der Waals surface area contributed by atoms with E-state index in [1.54, 1.807) is 23.2 Å². The fraction of sp³-hybridized carbons (Fsp3) is 0. The Morgan fingerprint density at radius 2 is 1.94 bits per heavy atom. The maximum atomic E-state index is 5.72. The monoisotopic (exact) mass is 304 g/mol. The lowest BCUT2D eigenvalue weighted by Crippen LogP contribution is -1.93. The van der Waals surface area contributed by atoms with E-state index >= 15 is 0 Å². The van der Waals surface area contributed by atoms with Gasteiger partial charge in [-0.2, -0.15) is 9.78 Å². The van der Waals surface area contributed by atoms with Crippen LogP contribution in [0.1, 0.15) is 0 Å². The molecule has 18 heavy (non-hydrogen) atoms. The molecule has 0 aliphatic rings. The minimum Gasteiger partial charge on any atom is -0.453 e. The van der Waals surface area contributed by atoms with E-state index in [0.29, 0.717) is 16.2 Å². The van der Waals surface area contributed by atoms with Gasteiger partial charge in [0.05, 0.1) is 12.5 Å². The highest BCUT2D eigenvalue weighted by Gasteiger charge is 2.12. The molecule has 90 valence electrons. The van der Waals surface area contributed by atoms with Crippen LogP contribution in [0.15, 0.2) is 63.9 Å². The third kappa shape index (κ3) is 2.04. The van der Waals surface area contributed by atoms with Gasteiger partial charge < -0.3 is 9.15 Å². The number of aromatic nitrogens is 2. The van der Waals surface area contributed by atoms with E-state index in [-0.39, 0.29) is 0 Å². The molecule has 3 rings (SSSR count). The fourth-order valence-corrected chi connectivity index (χ4v) is 2.00. The summed E-state index contributed by atoms with van der Waals surface area (Å²) in [6.45, 7) is 0. The first-order valence-electron chi connectivity index (χ1n) is 5.35. The summed E-state index contributed by atoms with van der Waals surface area (Å²) in [6, 6.07) is 13.2. The van der Waals surface area contributed by atoms with Crippen molar-refractivity contribution in [2.75, 3.05) is 0 Å². The quantitative estimate of drug-likeness (QED) is 0.734. The van der Waals surface area contributed by atoms with Crippen LogP contribution in [0.2, 0.25) is 0 Å². The Kier molecular flexibility index (Phi) is 2.90. The van der Waals surface area contributed by atoms with Gasteiger partial charge in [0.2, 0.25) is 5.88 Å². The van der Waals surface area contributed by atoms with E-state index < -0.39 is 0 Å². The lowest BCUT2D eigenvalue weighted by atomic mass is 10.3. The molecule has 0 saturated heterocycles. The average Bonchev–Trinajstić information content (AvgIpc) is 3.02. The summed E-state index contributed by atoms with van der Waals surface area (Å²) in [5, 5.41) is 4.21. The third-order valence-electron chi connectivity index (χ3n) is 2.37. The summed E-state index contributed by atoms with van der Waals surface area (Å²) in [7, 11) is 0. The average molecular weight is 305 g/mol. The number of ether oxygens (including phenoxy) is 1. The molecule has 0 aliphatic heterocycles. The van der Waals surface area contributed by atoms with Gasteiger partial charge in [-0.1, -0.05) is 18.2 Å². The van der Waals surface area contributed by atoms with Crippen LogP contribution in [0, 0.1) is 0 Å². The Labute approximate surface area is 112 Å². The van der Waals surface area contributed by atoms with Gasteiger partial charge in [-0.15, -0.1) is 0 Å². The van der Waals surface area contributed by atoms with Crippen molar-refractivity contribution >= 4 is 15.9 Å². The van der Waals surface area contributed by atoms with Gasteiger partial charge in [-0.25, -0.2) is 0 Å². The summed E-state index contributed by atoms with van der Waals surface area (Å²) < 4.78 is 13.3. The van der Waals surface area contributed by atoms with Crippen LogP contribution in [-0.2, 0) is 0 Å². The molecule has 1 aromatic carbocycles. The number of halogens is 1. The van der Waals surface area contributed by atoms with E-state index in [1.165, 1.54) is 0 Å². The van der Waals surface area contributed by atoms with Crippen LogP contribution in [0.5, 0.6) is 11.5 Å². The van der Waals surface area contributed by atoms with Gasteiger partial charge >= 0.3 is 0 Å². The smallest absolute Gasteiger partial charge is 0.220 e. The van der Waals surface area contributed by atoms with Gasteiger partial charge in [0, 0.05) is 6.07 Å². The molecule has 0 atom stereocenters. The molecule has 4 nitrogen and oxygen atoms in total. The fourth-order valence-electron chi connectivity index (χ4n) is 1.55. The first-order chi connectivity index (χ1) is 8.84. The Hall–Kier alpha value is -2.01. The molecule has 0 spiro atoms. The van der Waals surface area contributed by atoms with E-state index in [0.717, 1.165) is 5.75 Å². The number of hydrogen-bond donors (Lipinski definition) is 0. The number of para-hydroxylation sites is 1. The van der Waals surface area contributed by atoms with Crippen molar-refractivity contribution in [3.8, 4) is 17.4 Å². The molecular weight excluding hydrogens is 296 g/mol. The topological polar surface area (TPSA) is 40.2 Å². The largest absolute Gasteiger partial charge is 0.453 e. The first kappa shape index (κ1) is 11.1. The molecule has 2 aromatic heterocycles. The number of hydrogen-bond acceptors (Lipinski definition) is 3. The Balaban J connectivity index is 1.91. The molecule has 0 N–H and O–H groups in total. The highest BCUT2D eigenvalue weighted by atomic mass is 79.9. The lowest BCUT2D eigenvalue weighted by Gasteiger charge is -2.03. The van der Waals surface area contributed by atoms with Crippen molar-refractivity contribution in [1.29, 1.82) is 0 Å². The SMILES string of the molecule is Brc1c(Oc2ccccc2)cnn1-c1ccco1. The zero-order valence-corrected chi connectivity index (χ0v) is 10.9. The molecular formula is C13H9BrN2O2. The Morgan fingerprint density at radius 3 is 2.67 bits per heavy atom. The summed E-state index contributed by atoms with van der Waals surface area (Å²) in [5.41, 5.74) is 0. The zero-order chi connectivity index (χ0) is 12.4. The molecule has 0 aliphatic carbocycles. The highest BCUT2D eigenvalue weighted by molar-refractivity contribution is 9.10. The van der Waals surface area contributed by atoms with Gasteiger partial charge in [-0.3, -0.25) is 0 Å². The molecule has 0 bridgehead atoms. The van der Waals surface area contributed by atoms with E-state index in [2.05, 4.69) is 21.0 Å². The van der Waals surface area contributed by atoms with Crippen LogP contribution in [-0.4, -0.2) is 9.78 Å². The normalized spacial score (nSPS) is 10.5. The number of rotatable bonds is 3. The molecule has 3 aromatic rings. The summed E-state index contributed by atoms with van der Waals surface area (Å²) in [4.78, 5) is 0. The summed E-state index contributed by atoms with van der Waals surface area (Å²) in [5.74, 6) is 2.03. The lowest BCUT2D eigenvalue weighted by molar-refractivity contribution is 0.476. The molecule has 0 radical (unpaired) electrons. The van der Waals surface area contributed by atoms with Crippen LogP contribution < -0.4 is 4.74 Å². The van der Waals surface area contributed by atoms with E-state index in [1.807, 2.05) is 36.4 Å². The maximum absolute atomic E-state index is 5.72. The first-order valence-corrected chi connectivity index (χ1v) is 6.14. The number of nitrogens with zero attached hydrogens (tertiary/aromatic N) is 2. The minimum absolute atomic E-state index is 0.629. The van der Waals surface area contributed by atoms with Crippen molar-refractivity contribution in [3.05, 3.63) is 59.5 Å². The predicted octanol–water partition coefficient (Wildman–Crippen LogP) is 4.02. The molecule has 0 saturated carbocycles. The summed E-state index contributed by atoms with van der Waals surface area (Å²) >= 11 is 3.45. The molecule has 5 heteroatoms. The summed E-state index contributed by atoms with van der Waals surface area (Å²) in [6.07, 6.45) is 3.24. The van der Waals surface area contributed by atoms with Gasteiger partial charge in [-0.05, 0) is 34.1 Å². The van der Waals surface area contributed by atoms with Crippen molar-refractivity contribution in [3.63, 3.8) is 0 Å². The van der Waals surface area contributed by atoms with Crippen molar-refractivity contribution < 1.29 is 9.15 Å². The standard InChI is InChI=1S/C13H9BrN2O2/c14-13-11(18-10-5-2-1-3-6-10)9-15-16(13)12-7-4-8-17-12/h1-9H. The van der Waals surface area contributed by atoms with Crippen LogP contribution in [0.3, 0.4) is 0 Å².